The highest BCUT2D eigenvalue weighted by molar-refractivity contribution is 5.92. The van der Waals surface area contributed by atoms with Crippen molar-refractivity contribution < 1.29 is 5.11 Å². The minimum absolute atomic E-state index is 0.238. The number of nitriles is 1. The zero-order valence-corrected chi connectivity index (χ0v) is 17.3. The third-order valence-electron chi connectivity index (χ3n) is 4.84. The SMILES string of the molecule is Cn1cnc2cc(-c3ccc(C(C)(C)O)nc3)nc(Nc3cccc(C#N)c3)c2c1=O. The number of anilines is 2. The first-order chi connectivity index (χ1) is 14.8. The summed E-state index contributed by atoms with van der Waals surface area (Å²) in [5, 5.41) is 22.8. The maximum Gasteiger partial charge on any atom is 0.264 e. The van der Waals surface area contributed by atoms with Crippen molar-refractivity contribution in [3.63, 3.8) is 0 Å². The normalized spacial score (nSPS) is 11.3. The molecule has 1 aromatic carbocycles. The Balaban J connectivity index is 1.88. The topological polar surface area (TPSA) is 117 Å². The minimum atomic E-state index is -1.05. The molecule has 0 amide bonds. The van der Waals surface area contributed by atoms with Gasteiger partial charge in [-0.15, -0.1) is 0 Å². The van der Waals surface area contributed by atoms with Crippen molar-refractivity contribution in [3.05, 3.63) is 76.6 Å². The lowest BCUT2D eigenvalue weighted by Crippen LogP contribution is -2.19. The first-order valence-corrected chi connectivity index (χ1v) is 9.59. The van der Waals surface area contributed by atoms with Crippen LogP contribution in [0.4, 0.5) is 11.5 Å². The van der Waals surface area contributed by atoms with Gasteiger partial charge in [-0.1, -0.05) is 6.07 Å². The van der Waals surface area contributed by atoms with E-state index in [9.17, 15) is 15.2 Å². The molecule has 8 heteroatoms. The summed E-state index contributed by atoms with van der Waals surface area (Å²) in [5.41, 5.74) is 2.14. The Morgan fingerprint density at radius 3 is 2.65 bits per heavy atom. The summed E-state index contributed by atoms with van der Waals surface area (Å²) in [4.78, 5) is 26.2. The highest BCUT2D eigenvalue weighted by Crippen LogP contribution is 2.28. The lowest BCUT2D eigenvalue weighted by molar-refractivity contribution is 0.0739. The van der Waals surface area contributed by atoms with Crippen LogP contribution in [-0.4, -0.2) is 24.6 Å². The Bertz CT molecular complexity index is 1380. The van der Waals surface area contributed by atoms with Crippen molar-refractivity contribution in [2.24, 2.45) is 7.05 Å². The lowest BCUT2D eigenvalue weighted by atomic mass is 10.0. The third-order valence-corrected chi connectivity index (χ3v) is 4.84. The van der Waals surface area contributed by atoms with Gasteiger partial charge < -0.3 is 15.0 Å². The summed E-state index contributed by atoms with van der Waals surface area (Å²) in [5.74, 6) is 0.336. The van der Waals surface area contributed by atoms with E-state index in [2.05, 4.69) is 26.3 Å². The van der Waals surface area contributed by atoms with Gasteiger partial charge in [0.15, 0.2) is 0 Å². The quantitative estimate of drug-likeness (QED) is 0.528. The van der Waals surface area contributed by atoms with Crippen LogP contribution in [0.15, 0.2) is 59.8 Å². The van der Waals surface area contributed by atoms with Crippen molar-refractivity contribution in [2.45, 2.75) is 19.4 Å². The molecular formula is C23H20N6O2. The van der Waals surface area contributed by atoms with Crippen LogP contribution in [0.3, 0.4) is 0 Å². The number of nitrogens with one attached hydrogen (secondary N) is 1. The van der Waals surface area contributed by atoms with Gasteiger partial charge in [-0.2, -0.15) is 5.26 Å². The molecule has 0 atom stereocenters. The fourth-order valence-electron chi connectivity index (χ4n) is 3.17. The van der Waals surface area contributed by atoms with E-state index >= 15 is 0 Å². The van der Waals surface area contributed by atoms with Gasteiger partial charge in [0.1, 0.15) is 16.8 Å². The van der Waals surface area contributed by atoms with E-state index in [0.717, 1.165) is 0 Å². The summed E-state index contributed by atoms with van der Waals surface area (Å²) >= 11 is 0. The number of benzene rings is 1. The molecule has 31 heavy (non-hydrogen) atoms. The zero-order valence-electron chi connectivity index (χ0n) is 17.3. The number of aliphatic hydroxyl groups is 1. The highest BCUT2D eigenvalue weighted by atomic mass is 16.3. The van der Waals surface area contributed by atoms with E-state index in [1.54, 1.807) is 63.5 Å². The molecule has 0 unspecified atom stereocenters. The van der Waals surface area contributed by atoms with Gasteiger partial charge in [-0.25, -0.2) is 9.97 Å². The monoisotopic (exact) mass is 412 g/mol. The van der Waals surface area contributed by atoms with Gasteiger partial charge in [-0.3, -0.25) is 9.78 Å². The summed E-state index contributed by atoms with van der Waals surface area (Å²) in [6.07, 6.45) is 3.09. The molecule has 4 rings (SSSR count). The van der Waals surface area contributed by atoms with Crippen molar-refractivity contribution >= 4 is 22.4 Å². The van der Waals surface area contributed by atoms with E-state index in [0.29, 0.717) is 44.9 Å². The Morgan fingerprint density at radius 1 is 1.16 bits per heavy atom. The maximum atomic E-state index is 12.8. The molecule has 0 aliphatic carbocycles. The number of aromatic nitrogens is 4. The fourth-order valence-corrected chi connectivity index (χ4v) is 3.17. The van der Waals surface area contributed by atoms with E-state index in [1.807, 2.05) is 6.07 Å². The second kappa shape index (κ2) is 7.63. The first-order valence-electron chi connectivity index (χ1n) is 9.59. The van der Waals surface area contributed by atoms with Crippen LogP contribution in [0.5, 0.6) is 0 Å². The Morgan fingerprint density at radius 2 is 1.97 bits per heavy atom. The minimum Gasteiger partial charge on any atom is -0.384 e. The van der Waals surface area contributed by atoms with Crippen LogP contribution in [0, 0.1) is 11.3 Å². The van der Waals surface area contributed by atoms with Crippen LogP contribution >= 0.6 is 0 Å². The standard InChI is InChI=1S/C23H20N6O2/c1-23(2,31)19-8-7-15(12-25-19)17-10-18-20(22(30)29(3)13-26-18)21(28-17)27-16-6-4-5-14(9-16)11-24/h4-10,12-13,31H,1-3H3,(H,27,28). The highest BCUT2D eigenvalue weighted by Gasteiger charge is 2.18. The summed E-state index contributed by atoms with van der Waals surface area (Å²) in [6, 6.07) is 14.3. The molecule has 0 spiro atoms. The second-order valence-corrected chi connectivity index (χ2v) is 7.72. The first kappa shape index (κ1) is 20.2. The number of rotatable bonds is 4. The number of hydrogen-bond donors (Lipinski definition) is 2. The lowest BCUT2D eigenvalue weighted by Gasteiger charge is -2.16. The molecule has 0 saturated carbocycles. The Hall–Kier alpha value is -4.09. The molecule has 0 radical (unpaired) electrons. The predicted molar refractivity (Wildman–Crippen MR) is 118 cm³/mol. The van der Waals surface area contributed by atoms with Crippen LogP contribution in [0.2, 0.25) is 0 Å². The third kappa shape index (κ3) is 3.99. The number of hydrogen-bond acceptors (Lipinski definition) is 7. The van der Waals surface area contributed by atoms with E-state index in [4.69, 9.17) is 0 Å². The molecule has 154 valence electrons. The zero-order chi connectivity index (χ0) is 22.2. The van der Waals surface area contributed by atoms with Crippen molar-refractivity contribution in [2.75, 3.05) is 5.32 Å². The summed E-state index contributed by atoms with van der Waals surface area (Å²) < 4.78 is 1.39. The van der Waals surface area contributed by atoms with Gasteiger partial charge in [0, 0.05) is 24.5 Å². The molecule has 0 bridgehead atoms. The molecule has 8 nitrogen and oxygen atoms in total. The number of fused-ring (bicyclic) bond motifs is 1. The molecule has 0 aliphatic heterocycles. The van der Waals surface area contributed by atoms with Gasteiger partial charge in [0.05, 0.1) is 34.9 Å². The summed E-state index contributed by atoms with van der Waals surface area (Å²) in [6.45, 7) is 3.33. The Kier molecular flexibility index (Phi) is 4.97. The van der Waals surface area contributed by atoms with E-state index < -0.39 is 5.60 Å². The second-order valence-electron chi connectivity index (χ2n) is 7.72. The molecule has 3 aromatic heterocycles. The van der Waals surface area contributed by atoms with E-state index in [1.165, 1.54) is 10.9 Å². The summed E-state index contributed by atoms with van der Waals surface area (Å²) in [7, 11) is 1.63. The largest absolute Gasteiger partial charge is 0.384 e. The molecular weight excluding hydrogens is 392 g/mol. The van der Waals surface area contributed by atoms with Crippen LogP contribution in [0.1, 0.15) is 25.1 Å². The number of nitrogens with zero attached hydrogens (tertiary/aromatic N) is 5. The average molecular weight is 412 g/mol. The van der Waals surface area contributed by atoms with Crippen LogP contribution in [-0.2, 0) is 12.6 Å². The molecule has 0 saturated heterocycles. The smallest absolute Gasteiger partial charge is 0.264 e. The number of pyridine rings is 2. The van der Waals surface area contributed by atoms with E-state index in [-0.39, 0.29) is 5.56 Å². The number of aryl methyl sites for hydroxylation is 1. The van der Waals surface area contributed by atoms with Crippen LogP contribution < -0.4 is 10.9 Å². The van der Waals surface area contributed by atoms with Gasteiger partial charge in [-0.05, 0) is 50.2 Å². The molecule has 0 aliphatic rings. The molecule has 3 heterocycles. The Labute approximate surface area is 178 Å². The van der Waals surface area contributed by atoms with Crippen molar-refractivity contribution in [1.82, 2.24) is 19.5 Å². The molecule has 2 N–H and O–H groups in total. The van der Waals surface area contributed by atoms with Crippen molar-refractivity contribution in [3.8, 4) is 17.3 Å². The van der Waals surface area contributed by atoms with Gasteiger partial charge >= 0.3 is 0 Å². The van der Waals surface area contributed by atoms with Gasteiger partial charge in [0.25, 0.3) is 5.56 Å². The molecule has 0 fully saturated rings. The maximum absolute atomic E-state index is 12.8. The average Bonchev–Trinajstić information content (AvgIpc) is 2.75. The van der Waals surface area contributed by atoms with Crippen LogP contribution in [0.25, 0.3) is 22.2 Å². The molecule has 4 aromatic rings. The fraction of sp³-hybridized carbons (Fsp3) is 0.174. The predicted octanol–water partition coefficient (Wildman–Crippen LogP) is 3.23. The van der Waals surface area contributed by atoms with Crippen molar-refractivity contribution in [1.29, 1.82) is 5.26 Å². The van der Waals surface area contributed by atoms with Gasteiger partial charge in [0.2, 0.25) is 0 Å².